The fraction of sp³-hybridized carbons (Fsp3) is 0.417. The Hall–Kier alpha value is -1.96. The number of carbonyl (C=O) groups is 1. The first-order valence-electron chi connectivity index (χ1n) is 6.33. The van der Waals surface area contributed by atoms with E-state index >= 15 is 0 Å². The van der Waals surface area contributed by atoms with Crippen LogP contribution in [0, 0.1) is 10.1 Å². The van der Waals surface area contributed by atoms with Gasteiger partial charge in [-0.1, -0.05) is 6.92 Å². The maximum atomic E-state index is 11.6. The number of carbonyl (C=O) groups excluding carboxylic acids is 1. The van der Waals surface area contributed by atoms with Crippen LogP contribution in [-0.4, -0.2) is 28.4 Å². The van der Waals surface area contributed by atoms with Crippen molar-refractivity contribution >= 4 is 19.4 Å². The molecule has 1 N–H and O–H groups in total. The van der Waals surface area contributed by atoms with Crippen LogP contribution in [0.4, 0.5) is 10.5 Å². The van der Waals surface area contributed by atoms with E-state index in [1.54, 1.807) is 13.8 Å². The molecule has 0 saturated heterocycles. The highest BCUT2D eigenvalue weighted by molar-refractivity contribution is 7.52. The SMILES string of the molecule is CCC(C)OP(=O)(O)COC(=O)Oc1ccc([N+](=O)[O-])cc1. The average molecular weight is 333 g/mol. The third kappa shape index (κ3) is 6.21. The third-order valence-corrected chi connectivity index (χ3v) is 3.66. The van der Waals surface area contributed by atoms with Crippen molar-refractivity contribution in [2.45, 2.75) is 26.4 Å². The van der Waals surface area contributed by atoms with Crippen LogP contribution in [0.1, 0.15) is 20.3 Å². The molecule has 0 fully saturated rings. The molecule has 22 heavy (non-hydrogen) atoms. The van der Waals surface area contributed by atoms with Crippen LogP contribution < -0.4 is 4.74 Å². The zero-order chi connectivity index (χ0) is 16.8. The summed E-state index contributed by atoms with van der Waals surface area (Å²) in [4.78, 5) is 30.7. The molecule has 0 saturated carbocycles. The molecule has 0 spiro atoms. The standard InChI is InChI=1S/C12H16NO8P/c1-3-9(2)21-22(17,18)8-19-12(14)20-11-6-4-10(5-7-11)13(15)16/h4-7,9H,3,8H2,1-2H3,(H,17,18). The highest BCUT2D eigenvalue weighted by Crippen LogP contribution is 2.43. The molecule has 10 heteroatoms. The monoisotopic (exact) mass is 333 g/mol. The summed E-state index contributed by atoms with van der Waals surface area (Å²) in [5.41, 5.74) is -0.164. The minimum atomic E-state index is -4.06. The van der Waals surface area contributed by atoms with Gasteiger partial charge >= 0.3 is 13.8 Å². The number of ether oxygens (including phenoxy) is 2. The molecule has 1 rings (SSSR count). The summed E-state index contributed by atoms with van der Waals surface area (Å²) in [5.74, 6) is 0.00576. The van der Waals surface area contributed by atoms with E-state index in [4.69, 9.17) is 9.26 Å². The quantitative estimate of drug-likeness (QED) is 0.265. The van der Waals surface area contributed by atoms with Crippen molar-refractivity contribution < 1.29 is 33.2 Å². The summed E-state index contributed by atoms with van der Waals surface area (Å²) in [5, 5.41) is 10.5. The van der Waals surface area contributed by atoms with E-state index < -0.39 is 31.1 Å². The molecule has 0 amide bonds. The van der Waals surface area contributed by atoms with Gasteiger partial charge in [-0.25, -0.2) is 4.79 Å². The Kier molecular flexibility index (Phi) is 6.48. The van der Waals surface area contributed by atoms with Crippen molar-refractivity contribution in [2.75, 3.05) is 6.35 Å². The normalized spacial score (nSPS) is 14.7. The smallest absolute Gasteiger partial charge is 0.421 e. The first kappa shape index (κ1) is 18.1. The molecule has 1 aromatic rings. The van der Waals surface area contributed by atoms with Crippen molar-refractivity contribution in [1.82, 2.24) is 0 Å². The number of hydrogen-bond acceptors (Lipinski definition) is 7. The molecule has 0 aliphatic carbocycles. The number of nitrogens with zero attached hydrogens (tertiary/aromatic N) is 1. The largest absolute Gasteiger partial charge is 0.514 e. The van der Waals surface area contributed by atoms with E-state index in [-0.39, 0.29) is 11.4 Å². The Labute approximate surface area is 126 Å². The van der Waals surface area contributed by atoms with Gasteiger partial charge in [0.2, 0.25) is 0 Å². The van der Waals surface area contributed by atoms with Gasteiger partial charge in [-0.2, -0.15) is 0 Å². The summed E-state index contributed by atoms with van der Waals surface area (Å²) in [6.07, 6.45) is -1.98. The highest BCUT2D eigenvalue weighted by Gasteiger charge is 2.25. The van der Waals surface area contributed by atoms with E-state index in [1.807, 2.05) is 0 Å². The van der Waals surface area contributed by atoms with Crippen LogP contribution in [0.15, 0.2) is 24.3 Å². The summed E-state index contributed by atoms with van der Waals surface area (Å²) < 4.78 is 25.6. The number of nitro benzene ring substituents is 1. The van der Waals surface area contributed by atoms with Gasteiger partial charge in [0.1, 0.15) is 5.75 Å². The minimum Gasteiger partial charge on any atom is -0.421 e. The fourth-order valence-electron chi connectivity index (χ4n) is 1.28. The van der Waals surface area contributed by atoms with Crippen LogP contribution in [0.25, 0.3) is 0 Å². The first-order chi connectivity index (χ1) is 10.2. The second-order valence-corrected chi connectivity index (χ2v) is 6.08. The van der Waals surface area contributed by atoms with Crippen molar-refractivity contribution in [3.8, 4) is 5.75 Å². The minimum absolute atomic E-state index is 0.00576. The molecule has 0 aliphatic rings. The van der Waals surface area contributed by atoms with Gasteiger partial charge in [0.05, 0.1) is 11.0 Å². The molecular formula is C12H16NO8P. The lowest BCUT2D eigenvalue weighted by atomic mass is 10.3. The van der Waals surface area contributed by atoms with Crippen LogP contribution in [0.5, 0.6) is 5.75 Å². The fourth-order valence-corrected chi connectivity index (χ4v) is 2.32. The predicted octanol–water partition coefficient (Wildman–Crippen LogP) is 3.07. The van der Waals surface area contributed by atoms with Crippen molar-refractivity contribution in [3.05, 3.63) is 34.4 Å². The second kappa shape index (κ2) is 7.88. The van der Waals surface area contributed by atoms with E-state index in [9.17, 15) is 24.4 Å². The maximum absolute atomic E-state index is 11.6. The van der Waals surface area contributed by atoms with Crippen LogP contribution in [0.3, 0.4) is 0 Å². The highest BCUT2D eigenvalue weighted by atomic mass is 31.2. The topological polar surface area (TPSA) is 125 Å². The molecule has 0 aromatic heterocycles. The molecule has 0 heterocycles. The Balaban J connectivity index is 2.49. The number of non-ortho nitro benzene ring substituents is 1. The summed E-state index contributed by atoms with van der Waals surface area (Å²) in [6, 6.07) is 4.69. The zero-order valence-electron chi connectivity index (χ0n) is 12.0. The Morgan fingerprint density at radius 2 is 2.00 bits per heavy atom. The lowest BCUT2D eigenvalue weighted by Gasteiger charge is -2.16. The molecule has 2 unspecified atom stereocenters. The molecule has 0 aliphatic heterocycles. The summed E-state index contributed by atoms with van der Waals surface area (Å²) in [7, 11) is -4.06. The van der Waals surface area contributed by atoms with Gasteiger partial charge < -0.3 is 18.9 Å². The van der Waals surface area contributed by atoms with Gasteiger partial charge in [-0.15, -0.1) is 0 Å². The van der Waals surface area contributed by atoms with E-state index in [2.05, 4.69) is 4.74 Å². The molecule has 122 valence electrons. The van der Waals surface area contributed by atoms with Crippen LogP contribution >= 0.6 is 7.60 Å². The second-order valence-electron chi connectivity index (χ2n) is 4.34. The molecule has 1 aromatic carbocycles. The molecule has 0 radical (unpaired) electrons. The van der Waals surface area contributed by atoms with Crippen molar-refractivity contribution in [1.29, 1.82) is 0 Å². The summed E-state index contributed by atoms with van der Waals surface area (Å²) in [6.45, 7) is 3.38. The van der Waals surface area contributed by atoms with Crippen LogP contribution in [-0.2, 0) is 13.8 Å². The Morgan fingerprint density at radius 1 is 1.41 bits per heavy atom. The van der Waals surface area contributed by atoms with Crippen LogP contribution in [0.2, 0.25) is 0 Å². The van der Waals surface area contributed by atoms with Gasteiger partial charge in [0.25, 0.3) is 5.69 Å². The number of rotatable bonds is 7. The van der Waals surface area contributed by atoms with E-state index in [0.717, 1.165) is 12.1 Å². The molecule has 9 nitrogen and oxygen atoms in total. The van der Waals surface area contributed by atoms with E-state index in [1.165, 1.54) is 12.1 Å². The van der Waals surface area contributed by atoms with Crippen molar-refractivity contribution in [3.63, 3.8) is 0 Å². The first-order valence-corrected chi connectivity index (χ1v) is 8.09. The average Bonchev–Trinajstić information content (AvgIpc) is 2.45. The van der Waals surface area contributed by atoms with Gasteiger partial charge in [-0.3, -0.25) is 14.7 Å². The number of nitro groups is 1. The lowest BCUT2D eigenvalue weighted by molar-refractivity contribution is -0.384. The Morgan fingerprint density at radius 3 is 2.50 bits per heavy atom. The molecule has 2 atom stereocenters. The third-order valence-electron chi connectivity index (χ3n) is 2.51. The number of benzene rings is 1. The number of hydrogen-bond donors (Lipinski definition) is 1. The zero-order valence-corrected chi connectivity index (χ0v) is 12.9. The lowest BCUT2D eigenvalue weighted by Crippen LogP contribution is -2.14. The molecule has 0 bridgehead atoms. The van der Waals surface area contributed by atoms with E-state index in [0.29, 0.717) is 6.42 Å². The summed E-state index contributed by atoms with van der Waals surface area (Å²) >= 11 is 0. The van der Waals surface area contributed by atoms with Gasteiger partial charge in [-0.05, 0) is 25.5 Å². The van der Waals surface area contributed by atoms with Crippen molar-refractivity contribution in [2.24, 2.45) is 0 Å². The predicted molar refractivity (Wildman–Crippen MR) is 75.7 cm³/mol. The molecular weight excluding hydrogens is 317 g/mol. The Bertz CT molecular complexity index is 573. The van der Waals surface area contributed by atoms with Gasteiger partial charge in [0, 0.05) is 12.1 Å². The van der Waals surface area contributed by atoms with Gasteiger partial charge in [0.15, 0.2) is 6.35 Å². The maximum Gasteiger partial charge on any atom is 0.514 e.